The summed E-state index contributed by atoms with van der Waals surface area (Å²) in [5.74, 6) is 1.74. The normalized spacial score (nSPS) is 19.4. The van der Waals surface area contributed by atoms with Gasteiger partial charge in [0.1, 0.15) is 11.6 Å². The van der Waals surface area contributed by atoms with E-state index >= 15 is 0 Å². The minimum atomic E-state index is 0.280. The molecule has 4 rings (SSSR count). The quantitative estimate of drug-likeness (QED) is 0.603. The summed E-state index contributed by atoms with van der Waals surface area (Å²) >= 11 is 0. The molecule has 5 N–H and O–H groups in total. The minimum Gasteiger partial charge on any atom is -0.494 e. The molecular formula is C22H30N6O. The van der Waals surface area contributed by atoms with Crippen molar-refractivity contribution in [3.05, 3.63) is 41.2 Å². The maximum atomic E-state index is 6.50. The summed E-state index contributed by atoms with van der Waals surface area (Å²) in [7, 11) is 0. The van der Waals surface area contributed by atoms with Crippen LogP contribution >= 0.6 is 0 Å². The molecule has 0 amide bonds. The van der Waals surface area contributed by atoms with Crippen molar-refractivity contribution in [3.8, 4) is 5.75 Å². The number of nitrogens with two attached hydrogens (primary N) is 2. The Morgan fingerprint density at radius 3 is 2.48 bits per heavy atom. The molecule has 0 radical (unpaired) electrons. The van der Waals surface area contributed by atoms with E-state index in [9.17, 15) is 0 Å². The summed E-state index contributed by atoms with van der Waals surface area (Å²) in [5.41, 5.74) is 18.4. The summed E-state index contributed by atoms with van der Waals surface area (Å²) in [6, 6.07) is 8.25. The van der Waals surface area contributed by atoms with Gasteiger partial charge < -0.3 is 21.5 Å². The molecule has 154 valence electrons. The van der Waals surface area contributed by atoms with Crippen LogP contribution in [0, 0.1) is 13.8 Å². The molecule has 0 bridgehead atoms. The highest BCUT2D eigenvalue weighted by Gasteiger charge is 2.28. The Morgan fingerprint density at radius 2 is 1.83 bits per heavy atom. The number of nitrogen functional groups attached to an aromatic ring is 1. The number of hydrogen-bond acceptors (Lipinski definition) is 6. The van der Waals surface area contributed by atoms with E-state index in [1.54, 1.807) is 0 Å². The van der Waals surface area contributed by atoms with E-state index in [1.165, 1.54) is 0 Å². The minimum absolute atomic E-state index is 0.280. The van der Waals surface area contributed by atoms with Crippen LogP contribution in [0.5, 0.6) is 5.75 Å². The Morgan fingerprint density at radius 1 is 1.14 bits per heavy atom. The van der Waals surface area contributed by atoms with Gasteiger partial charge in [-0.1, -0.05) is 0 Å². The Balaban J connectivity index is 1.80. The van der Waals surface area contributed by atoms with Crippen molar-refractivity contribution >= 4 is 22.8 Å². The zero-order valence-electron chi connectivity index (χ0n) is 17.4. The average molecular weight is 395 g/mol. The molecule has 29 heavy (non-hydrogen) atoms. The Labute approximate surface area is 171 Å². The lowest BCUT2D eigenvalue weighted by molar-refractivity contribution is 0.340. The molecule has 7 heteroatoms. The highest BCUT2D eigenvalue weighted by Crippen LogP contribution is 2.41. The van der Waals surface area contributed by atoms with E-state index in [2.05, 4.69) is 10.4 Å². The number of imidazole rings is 1. The van der Waals surface area contributed by atoms with Crippen LogP contribution in [0.2, 0.25) is 0 Å². The smallest absolute Gasteiger partial charge is 0.178 e. The van der Waals surface area contributed by atoms with Crippen molar-refractivity contribution in [1.29, 1.82) is 0 Å². The monoisotopic (exact) mass is 394 g/mol. The fourth-order valence-corrected chi connectivity index (χ4v) is 4.18. The molecule has 2 heterocycles. The maximum absolute atomic E-state index is 6.50. The standard InChI is InChI=1S/C22H30N6O/c1-4-29-18-11-9-17(10-12-18)26-20-19(15-5-7-16(23)8-6-15)21(24)27-28-14(3)13(2)25-22(20)28/h9-12,15-16,26H,4-8,23H2,1-3H3,(H2,24,27)/t15-,16+. The summed E-state index contributed by atoms with van der Waals surface area (Å²) < 4.78 is 7.41. The van der Waals surface area contributed by atoms with Gasteiger partial charge in [0.2, 0.25) is 0 Å². The number of fused-ring (bicyclic) bond motifs is 1. The molecule has 1 aromatic carbocycles. The Kier molecular flexibility index (Phi) is 5.32. The summed E-state index contributed by atoms with van der Waals surface area (Å²) in [5, 5.41) is 8.26. The van der Waals surface area contributed by atoms with E-state index < -0.39 is 0 Å². The van der Waals surface area contributed by atoms with E-state index in [1.807, 2.05) is 49.6 Å². The topological polar surface area (TPSA) is 103 Å². The Bertz CT molecular complexity index is 1000. The first-order chi connectivity index (χ1) is 14.0. The predicted molar refractivity (Wildman–Crippen MR) is 117 cm³/mol. The van der Waals surface area contributed by atoms with E-state index in [0.29, 0.717) is 18.3 Å². The number of benzene rings is 1. The summed E-state index contributed by atoms with van der Waals surface area (Å²) in [6.07, 6.45) is 4.04. The largest absolute Gasteiger partial charge is 0.494 e. The number of ether oxygens (including phenoxy) is 1. The summed E-state index contributed by atoms with van der Waals surface area (Å²) in [6.45, 7) is 6.64. The van der Waals surface area contributed by atoms with Gasteiger partial charge in [-0.2, -0.15) is 0 Å². The number of anilines is 3. The van der Waals surface area contributed by atoms with E-state index in [4.69, 9.17) is 21.2 Å². The zero-order valence-corrected chi connectivity index (χ0v) is 17.4. The van der Waals surface area contributed by atoms with Crippen LogP contribution in [0.15, 0.2) is 24.3 Å². The van der Waals surface area contributed by atoms with Gasteiger partial charge in [-0.15, -0.1) is 5.10 Å². The van der Waals surface area contributed by atoms with Gasteiger partial charge in [-0.3, -0.25) is 0 Å². The van der Waals surface area contributed by atoms with Crippen molar-refractivity contribution in [2.75, 3.05) is 17.7 Å². The highest BCUT2D eigenvalue weighted by molar-refractivity contribution is 5.81. The number of nitrogens with one attached hydrogen (secondary N) is 1. The average Bonchev–Trinajstić information content (AvgIpc) is 2.99. The zero-order chi connectivity index (χ0) is 20.5. The second-order valence-electron chi connectivity index (χ2n) is 7.89. The first kappa shape index (κ1) is 19.5. The number of rotatable bonds is 5. The number of nitrogens with zero attached hydrogens (tertiary/aromatic N) is 3. The molecule has 7 nitrogen and oxygen atoms in total. The van der Waals surface area contributed by atoms with Gasteiger partial charge in [-0.05, 0) is 76.6 Å². The molecule has 0 aliphatic heterocycles. The third-order valence-corrected chi connectivity index (χ3v) is 5.91. The fraction of sp³-hybridized carbons (Fsp3) is 0.455. The lowest BCUT2D eigenvalue weighted by Gasteiger charge is -2.29. The van der Waals surface area contributed by atoms with Gasteiger partial charge in [0, 0.05) is 17.3 Å². The maximum Gasteiger partial charge on any atom is 0.178 e. The number of hydrogen-bond donors (Lipinski definition) is 3. The van der Waals surface area contributed by atoms with Gasteiger partial charge in [0.05, 0.1) is 23.7 Å². The number of aryl methyl sites for hydroxylation is 2. The molecule has 0 spiro atoms. The van der Waals surface area contributed by atoms with Crippen LogP contribution in [-0.2, 0) is 0 Å². The fourth-order valence-electron chi connectivity index (χ4n) is 4.18. The number of aromatic nitrogens is 3. The summed E-state index contributed by atoms with van der Waals surface area (Å²) in [4.78, 5) is 4.80. The molecule has 0 unspecified atom stereocenters. The lowest BCUT2D eigenvalue weighted by atomic mass is 9.81. The van der Waals surface area contributed by atoms with Gasteiger partial charge in [0.15, 0.2) is 5.65 Å². The molecule has 0 saturated heterocycles. The van der Waals surface area contributed by atoms with Crippen LogP contribution in [0.4, 0.5) is 17.2 Å². The van der Waals surface area contributed by atoms with Crippen molar-refractivity contribution in [1.82, 2.24) is 14.6 Å². The molecule has 2 aromatic heterocycles. The highest BCUT2D eigenvalue weighted by atomic mass is 16.5. The van der Waals surface area contributed by atoms with Crippen molar-refractivity contribution in [3.63, 3.8) is 0 Å². The Hall–Kier alpha value is -2.80. The van der Waals surface area contributed by atoms with E-state index in [0.717, 1.165) is 65.4 Å². The van der Waals surface area contributed by atoms with Crippen LogP contribution in [0.3, 0.4) is 0 Å². The molecule has 0 atom stereocenters. The third kappa shape index (κ3) is 3.74. The van der Waals surface area contributed by atoms with Crippen LogP contribution in [0.1, 0.15) is 55.5 Å². The van der Waals surface area contributed by atoms with E-state index in [-0.39, 0.29) is 6.04 Å². The third-order valence-electron chi connectivity index (χ3n) is 5.91. The molecule has 1 aliphatic rings. The van der Waals surface area contributed by atoms with Crippen molar-refractivity contribution in [2.24, 2.45) is 5.73 Å². The van der Waals surface area contributed by atoms with Crippen molar-refractivity contribution in [2.45, 2.75) is 58.4 Å². The van der Waals surface area contributed by atoms with Crippen LogP contribution < -0.4 is 21.5 Å². The molecule has 1 saturated carbocycles. The SMILES string of the molecule is CCOc1ccc(Nc2c3nc(C)c(C)n3nc(N)c2[C@H]2CC[C@@H](N)CC2)cc1. The van der Waals surface area contributed by atoms with Gasteiger partial charge in [-0.25, -0.2) is 9.50 Å². The van der Waals surface area contributed by atoms with Gasteiger partial charge in [0.25, 0.3) is 0 Å². The molecular weight excluding hydrogens is 364 g/mol. The van der Waals surface area contributed by atoms with Crippen LogP contribution in [-0.4, -0.2) is 27.2 Å². The van der Waals surface area contributed by atoms with Crippen molar-refractivity contribution < 1.29 is 4.74 Å². The lowest BCUT2D eigenvalue weighted by Crippen LogP contribution is -2.26. The first-order valence-corrected chi connectivity index (χ1v) is 10.4. The second-order valence-corrected chi connectivity index (χ2v) is 7.89. The van der Waals surface area contributed by atoms with Crippen LogP contribution in [0.25, 0.3) is 5.65 Å². The first-order valence-electron chi connectivity index (χ1n) is 10.4. The predicted octanol–water partition coefficient (Wildman–Crippen LogP) is 4.06. The molecule has 1 aliphatic carbocycles. The molecule has 1 fully saturated rings. The second kappa shape index (κ2) is 7.91. The van der Waals surface area contributed by atoms with Gasteiger partial charge >= 0.3 is 0 Å². The molecule has 3 aromatic rings.